The first-order valence-corrected chi connectivity index (χ1v) is 10.9. The van der Waals surface area contributed by atoms with Crippen molar-refractivity contribution in [3.8, 4) is 10.4 Å². The minimum Gasteiger partial charge on any atom is -0.366 e. The summed E-state index contributed by atoms with van der Waals surface area (Å²) in [4.78, 5) is 24.5. The van der Waals surface area contributed by atoms with Gasteiger partial charge in [-0.1, -0.05) is 18.6 Å². The average Bonchev–Trinajstić information content (AvgIpc) is 3.14. The van der Waals surface area contributed by atoms with Gasteiger partial charge in [0.15, 0.2) is 9.84 Å². The van der Waals surface area contributed by atoms with Crippen LogP contribution in [0.15, 0.2) is 36.4 Å². The molecule has 9 heteroatoms. The van der Waals surface area contributed by atoms with Gasteiger partial charge < -0.3 is 5.73 Å². The minimum atomic E-state index is -3.55. The summed E-state index contributed by atoms with van der Waals surface area (Å²) in [6.45, 7) is 0. The lowest BCUT2D eigenvalue weighted by Crippen LogP contribution is -2.43. The third-order valence-electron chi connectivity index (χ3n) is 4.92. The number of rotatable bonds is 5. The maximum Gasteiger partial charge on any atom is 0.248 e. The molecule has 1 atom stereocenters. The molecule has 27 heavy (non-hydrogen) atoms. The van der Waals surface area contributed by atoms with Gasteiger partial charge >= 0.3 is 0 Å². The molecule has 0 aliphatic carbocycles. The van der Waals surface area contributed by atoms with Crippen molar-refractivity contribution < 1.29 is 23.2 Å². The summed E-state index contributed by atoms with van der Waals surface area (Å²) in [7, 11) is -3.55. The highest BCUT2D eigenvalue weighted by molar-refractivity contribution is 7.92. The smallest absolute Gasteiger partial charge is 0.248 e. The topological polar surface area (TPSA) is 127 Å². The molecule has 4 N–H and O–H groups in total. The average molecular weight is 409 g/mol. The number of hydroxylamine groups is 1. The Morgan fingerprint density at radius 1 is 1.15 bits per heavy atom. The van der Waals surface area contributed by atoms with Gasteiger partial charge in [-0.25, -0.2) is 13.9 Å². The van der Waals surface area contributed by atoms with Crippen LogP contribution in [0.3, 0.4) is 0 Å². The fraction of sp³-hybridized carbons (Fsp3) is 0.333. The molecule has 0 radical (unpaired) electrons. The quantitative estimate of drug-likeness (QED) is 0.516. The second kappa shape index (κ2) is 7.41. The van der Waals surface area contributed by atoms with Crippen LogP contribution in [0.5, 0.6) is 0 Å². The molecule has 7 nitrogen and oxygen atoms in total. The molecule has 0 spiro atoms. The van der Waals surface area contributed by atoms with E-state index in [1.54, 1.807) is 35.8 Å². The molecule has 1 fully saturated rings. The van der Waals surface area contributed by atoms with E-state index in [2.05, 4.69) is 0 Å². The first kappa shape index (κ1) is 19.5. The van der Waals surface area contributed by atoms with Gasteiger partial charge in [0.25, 0.3) is 0 Å². The van der Waals surface area contributed by atoms with Crippen LogP contribution in [0.25, 0.3) is 10.4 Å². The first-order chi connectivity index (χ1) is 12.8. The van der Waals surface area contributed by atoms with Gasteiger partial charge in [0.2, 0.25) is 11.8 Å². The van der Waals surface area contributed by atoms with Crippen LogP contribution in [0, 0.1) is 0 Å². The largest absolute Gasteiger partial charge is 0.366 e. The summed E-state index contributed by atoms with van der Waals surface area (Å²) in [6.07, 6.45) is 1.28. The SMILES string of the molecule is NC(=O)c1ccc(-c2ccc([C@@]3(CC(=O)NO)CCCCS3(=O)=O)s2)cc1. The lowest BCUT2D eigenvalue weighted by molar-refractivity contribution is -0.130. The van der Waals surface area contributed by atoms with Crippen molar-refractivity contribution in [2.45, 2.75) is 30.4 Å². The van der Waals surface area contributed by atoms with Crippen LogP contribution < -0.4 is 11.2 Å². The molecular weight excluding hydrogens is 388 g/mol. The predicted octanol–water partition coefficient (Wildman–Crippen LogP) is 2.20. The van der Waals surface area contributed by atoms with E-state index in [1.807, 2.05) is 6.07 Å². The van der Waals surface area contributed by atoms with Crippen molar-refractivity contribution in [1.82, 2.24) is 5.48 Å². The zero-order chi connectivity index (χ0) is 19.7. The van der Waals surface area contributed by atoms with Crippen molar-refractivity contribution in [2.75, 3.05) is 5.75 Å². The van der Waals surface area contributed by atoms with Gasteiger partial charge in [-0.2, -0.15) is 0 Å². The van der Waals surface area contributed by atoms with E-state index in [1.165, 1.54) is 11.3 Å². The Hall–Kier alpha value is -2.23. The number of amides is 2. The van der Waals surface area contributed by atoms with Gasteiger partial charge in [0.1, 0.15) is 4.75 Å². The van der Waals surface area contributed by atoms with E-state index in [0.717, 1.165) is 10.4 Å². The zero-order valence-electron chi connectivity index (χ0n) is 14.5. The van der Waals surface area contributed by atoms with E-state index in [-0.39, 0.29) is 12.2 Å². The Morgan fingerprint density at radius 2 is 1.85 bits per heavy atom. The maximum atomic E-state index is 12.9. The molecule has 0 unspecified atom stereocenters. The summed E-state index contributed by atoms with van der Waals surface area (Å²) < 4.78 is 24.5. The molecule has 0 saturated carbocycles. The minimum absolute atomic E-state index is 0.0201. The van der Waals surface area contributed by atoms with Gasteiger partial charge in [-0.3, -0.25) is 14.8 Å². The summed E-state index contributed by atoms with van der Waals surface area (Å²) in [5.41, 5.74) is 8.02. The molecular formula is C18H20N2O5S2. The monoisotopic (exact) mass is 408 g/mol. The molecule has 1 aromatic heterocycles. The molecule has 1 aromatic carbocycles. The fourth-order valence-corrected chi connectivity index (χ4v) is 7.24. The Labute approximate surface area is 161 Å². The molecule has 3 rings (SSSR count). The number of nitrogens with one attached hydrogen (secondary N) is 1. The molecule has 1 aliphatic heterocycles. The molecule has 2 amide bonds. The molecule has 1 aliphatic rings. The summed E-state index contributed by atoms with van der Waals surface area (Å²) in [5.74, 6) is -1.22. The van der Waals surface area contributed by atoms with Crippen LogP contribution >= 0.6 is 11.3 Å². The maximum absolute atomic E-state index is 12.9. The van der Waals surface area contributed by atoms with E-state index in [4.69, 9.17) is 10.9 Å². The molecule has 2 aromatic rings. The zero-order valence-corrected chi connectivity index (χ0v) is 16.1. The van der Waals surface area contributed by atoms with Gasteiger partial charge in [0.05, 0.1) is 12.2 Å². The van der Waals surface area contributed by atoms with Crippen LogP contribution in [0.4, 0.5) is 0 Å². The first-order valence-electron chi connectivity index (χ1n) is 8.45. The van der Waals surface area contributed by atoms with Crippen LogP contribution in [-0.2, 0) is 19.4 Å². The van der Waals surface area contributed by atoms with E-state index in [9.17, 15) is 18.0 Å². The van der Waals surface area contributed by atoms with Crippen molar-refractivity contribution in [3.05, 3.63) is 46.8 Å². The molecule has 1 saturated heterocycles. The lowest BCUT2D eigenvalue weighted by atomic mass is 9.94. The van der Waals surface area contributed by atoms with E-state index < -0.39 is 26.4 Å². The highest BCUT2D eigenvalue weighted by Crippen LogP contribution is 2.47. The number of hydrogen-bond acceptors (Lipinski definition) is 6. The predicted molar refractivity (Wildman–Crippen MR) is 102 cm³/mol. The number of carbonyl (C=O) groups is 2. The fourth-order valence-electron chi connectivity index (χ4n) is 3.45. The number of thiophene rings is 1. The van der Waals surface area contributed by atoms with Crippen LogP contribution in [-0.4, -0.2) is 31.2 Å². The van der Waals surface area contributed by atoms with E-state index >= 15 is 0 Å². The number of hydrogen-bond donors (Lipinski definition) is 3. The second-order valence-electron chi connectivity index (χ2n) is 6.59. The summed E-state index contributed by atoms with van der Waals surface area (Å²) in [6, 6.07) is 10.3. The number of nitrogens with two attached hydrogens (primary N) is 1. The third-order valence-corrected chi connectivity index (χ3v) is 8.97. The normalized spacial score (nSPS) is 21.5. The Bertz CT molecular complexity index is 966. The second-order valence-corrected chi connectivity index (χ2v) is 10.1. The highest BCUT2D eigenvalue weighted by Gasteiger charge is 2.49. The van der Waals surface area contributed by atoms with Gasteiger partial charge in [-0.05, 0) is 42.7 Å². The van der Waals surface area contributed by atoms with Gasteiger partial charge in [-0.15, -0.1) is 11.3 Å². The molecule has 144 valence electrons. The number of primary amides is 1. The van der Waals surface area contributed by atoms with E-state index in [0.29, 0.717) is 29.7 Å². The van der Waals surface area contributed by atoms with Crippen molar-refractivity contribution >= 4 is 33.0 Å². The van der Waals surface area contributed by atoms with Crippen molar-refractivity contribution in [3.63, 3.8) is 0 Å². The van der Waals surface area contributed by atoms with Crippen molar-refractivity contribution in [1.29, 1.82) is 0 Å². The number of carbonyl (C=O) groups excluding carboxylic acids is 2. The third kappa shape index (κ3) is 3.62. The standard InChI is InChI=1S/C18H20N2O5S2/c19-17(22)13-5-3-12(4-6-13)14-7-8-15(26-14)18(11-16(21)20-23)9-1-2-10-27(18,24)25/h3-8,23H,1-2,9-11H2,(H2,19,22)(H,20,21)/t18-/m0/s1. The Balaban J connectivity index is 2.02. The van der Waals surface area contributed by atoms with Crippen LogP contribution in [0.1, 0.15) is 40.9 Å². The summed E-state index contributed by atoms with van der Waals surface area (Å²) in [5, 5.41) is 8.92. The Morgan fingerprint density at radius 3 is 2.44 bits per heavy atom. The number of benzene rings is 1. The summed E-state index contributed by atoms with van der Waals surface area (Å²) >= 11 is 1.30. The van der Waals surface area contributed by atoms with Gasteiger partial charge in [0, 0.05) is 15.3 Å². The molecule has 0 bridgehead atoms. The Kier molecular flexibility index (Phi) is 5.36. The highest BCUT2D eigenvalue weighted by atomic mass is 32.2. The van der Waals surface area contributed by atoms with Crippen LogP contribution in [0.2, 0.25) is 0 Å². The lowest BCUT2D eigenvalue weighted by Gasteiger charge is -2.35. The van der Waals surface area contributed by atoms with Crippen molar-refractivity contribution in [2.24, 2.45) is 5.73 Å². The number of sulfone groups is 1. The molecule has 2 heterocycles.